The Bertz CT molecular complexity index is 552. The van der Waals surface area contributed by atoms with Crippen LogP contribution in [-0.2, 0) is 6.54 Å². The van der Waals surface area contributed by atoms with Crippen molar-refractivity contribution in [2.75, 3.05) is 19.6 Å². The Labute approximate surface area is 123 Å². The molecule has 21 heavy (non-hydrogen) atoms. The summed E-state index contributed by atoms with van der Waals surface area (Å²) < 4.78 is 14.2. The number of benzene rings is 1. The van der Waals surface area contributed by atoms with Crippen molar-refractivity contribution >= 4 is 5.69 Å². The van der Waals surface area contributed by atoms with Gasteiger partial charge in [-0.2, -0.15) is 4.39 Å². The van der Waals surface area contributed by atoms with Crippen LogP contribution in [0.15, 0.2) is 18.2 Å². The standard InChI is InChI=1S/C15H20FN3O2/c1-11-8-17-7-3-5-13(17)10-18(11)9-12-4-2-6-14(15(12)16)19(20)21/h2,4,6,11,13H,3,5,7-10H2,1H3. The van der Waals surface area contributed by atoms with E-state index in [1.54, 1.807) is 12.1 Å². The number of nitro groups is 1. The second-order valence-electron chi connectivity index (χ2n) is 6.08. The summed E-state index contributed by atoms with van der Waals surface area (Å²) >= 11 is 0. The van der Waals surface area contributed by atoms with E-state index in [0.29, 0.717) is 24.2 Å². The molecule has 114 valence electrons. The first-order chi connectivity index (χ1) is 10.1. The SMILES string of the molecule is CC1CN2CCCC2CN1Cc1cccc([N+](=O)[O-])c1F. The van der Waals surface area contributed by atoms with Gasteiger partial charge in [-0.05, 0) is 26.3 Å². The maximum Gasteiger partial charge on any atom is 0.305 e. The minimum Gasteiger partial charge on any atom is -0.298 e. The summed E-state index contributed by atoms with van der Waals surface area (Å²) in [5.41, 5.74) is -0.0119. The van der Waals surface area contributed by atoms with Gasteiger partial charge in [-0.15, -0.1) is 0 Å². The lowest BCUT2D eigenvalue weighted by molar-refractivity contribution is -0.387. The monoisotopic (exact) mass is 293 g/mol. The Morgan fingerprint density at radius 1 is 1.43 bits per heavy atom. The van der Waals surface area contributed by atoms with Crippen LogP contribution in [0.1, 0.15) is 25.3 Å². The van der Waals surface area contributed by atoms with Crippen molar-refractivity contribution in [1.29, 1.82) is 0 Å². The zero-order chi connectivity index (χ0) is 15.0. The lowest BCUT2D eigenvalue weighted by atomic mass is 10.1. The maximum absolute atomic E-state index is 14.2. The van der Waals surface area contributed by atoms with E-state index in [0.717, 1.165) is 19.6 Å². The molecule has 1 aromatic carbocycles. The van der Waals surface area contributed by atoms with Crippen LogP contribution in [0.3, 0.4) is 0 Å². The summed E-state index contributed by atoms with van der Waals surface area (Å²) in [6.07, 6.45) is 2.43. The first-order valence-electron chi connectivity index (χ1n) is 7.46. The fourth-order valence-corrected chi connectivity index (χ4v) is 3.52. The van der Waals surface area contributed by atoms with E-state index in [1.165, 1.54) is 18.9 Å². The molecule has 2 heterocycles. The molecule has 6 heteroatoms. The smallest absolute Gasteiger partial charge is 0.298 e. The molecular weight excluding hydrogens is 273 g/mol. The predicted molar refractivity (Wildman–Crippen MR) is 77.5 cm³/mol. The summed E-state index contributed by atoms with van der Waals surface area (Å²) in [7, 11) is 0. The molecule has 0 saturated carbocycles. The fraction of sp³-hybridized carbons (Fsp3) is 0.600. The molecule has 2 aliphatic rings. The van der Waals surface area contributed by atoms with Gasteiger partial charge in [0.05, 0.1) is 4.92 Å². The van der Waals surface area contributed by atoms with Crippen LogP contribution in [0, 0.1) is 15.9 Å². The first kappa shape index (κ1) is 14.4. The van der Waals surface area contributed by atoms with Crippen molar-refractivity contribution in [1.82, 2.24) is 9.80 Å². The molecule has 0 aliphatic carbocycles. The van der Waals surface area contributed by atoms with E-state index >= 15 is 0 Å². The van der Waals surface area contributed by atoms with Gasteiger partial charge in [0.1, 0.15) is 0 Å². The van der Waals surface area contributed by atoms with E-state index in [4.69, 9.17) is 0 Å². The van der Waals surface area contributed by atoms with Crippen molar-refractivity contribution in [2.24, 2.45) is 0 Å². The quantitative estimate of drug-likeness (QED) is 0.634. The molecule has 0 aromatic heterocycles. The largest absolute Gasteiger partial charge is 0.305 e. The van der Waals surface area contributed by atoms with E-state index in [2.05, 4.69) is 16.7 Å². The molecule has 3 rings (SSSR count). The molecule has 0 amide bonds. The Kier molecular flexibility index (Phi) is 3.91. The van der Waals surface area contributed by atoms with Crippen LogP contribution in [0.25, 0.3) is 0 Å². The number of hydrogen-bond donors (Lipinski definition) is 0. The van der Waals surface area contributed by atoms with Gasteiger partial charge in [-0.25, -0.2) is 0 Å². The molecule has 5 nitrogen and oxygen atoms in total. The van der Waals surface area contributed by atoms with Crippen molar-refractivity contribution < 1.29 is 9.31 Å². The van der Waals surface area contributed by atoms with Crippen molar-refractivity contribution in [3.8, 4) is 0 Å². The summed E-state index contributed by atoms with van der Waals surface area (Å²) in [6.45, 7) is 5.67. The van der Waals surface area contributed by atoms with Gasteiger partial charge in [-0.3, -0.25) is 19.9 Å². The molecule has 2 atom stereocenters. The molecular formula is C15H20FN3O2. The van der Waals surface area contributed by atoms with Gasteiger partial charge in [0.2, 0.25) is 5.82 Å². The highest BCUT2D eigenvalue weighted by Crippen LogP contribution is 2.27. The van der Waals surface area contributed by atoms with E-state index < -0.39 is 16.4 Å². The summed E-state index contributed by atoms with van der Waals surface area (Å²) in [4.78, 5) is 14.9. The summed E-state index contributed by atoms with van der Waals surface area (Å²) in [6, 6.07) is 5.33. The first-order valence-corrected chi connectivity index (χ1v) is 7.46. The second-order valence-corrected chi connectivity index (χ2v) is 6.08. The third-order valence-electron chi connectivity index (χ3n) is 4.69. The normalized spacial score (nSPS) is 26.8. The lowest BCUT2D eigenvalue weighted by Gasteiger charge is -2.42. The van der Waals surface area contributed by atoms with Crippen molar-refractivity contribution in [3.05, 3.63) is 39.7 Å². The van der Waals surface area contributed by atoms with Gasteiger partial charge in [0.25, 0.3) is 0 Å². The molecule has 0 radical (unpaired) electrons. The average Bonchev–Trinajstić information content (AvgIpc) is 2.88. The number of piperazine rings is 1. The van der Waals surface area contributed by atoms with Gasteiger partial charge < -0.3 is 0 Å². The molecule has 2 aliphatic heterocycles. The van der Waals surface area contributed by atoms with Gasteiger partial charge >= 0.3 is 5.69 Å². The molecule has 2 saturated heterocycles. The Morgan fingerprint density at radius 3 is 3.00 bits per heavy atom. The van der Waals surface area contributed by atoms with Crippen LogP contribution < -0.4 is 0 Å². The van der Waals surface area contributed by atoms with Crippen LogP contribution >= 0.6 is 0 Å². The Hall–Kier alpha value is -1.53. The highest BCUT2D eigenvalue weighted by atomic mass is 19.1. The molecule has 2 fully saturated rings. The third-order valence-corrected chi connectivity index (χ3v) is 4.69. The zero-order valence-corrected chi connectivity index (χ0v) is 12.2. The van der Waals surface area contributed by atoms with Crippen molar-refractivity contribution in [2.45, 2.75) is 38.4 Å². The minimum atomic E-state index is -0.691. The minimum absolute atomic E-state index is 0.345. The number of halogens is 1. The van der Waals surface area contributed by atoms with Gasteiger partial charge in [0.15, 0.2) is 0 Å². The van der Waals surface area contributed by atoms with Crippen LogP contribution in [0.4, 0.5) is 10.1 Å². The Balaban J connectivity index is 1.77. The summed E-state index contributed by atoms with van der Waals surface area (Å²) in [5, 5.41) is 10.8. The van der Waals surface area contributed by atoms with Gasteiger partial charge in [0, 0.05) is 43.3 Å². The number of nitro benzene ring substituents is 1. The number of fused-ring (bicyclic) bond motifs is 1. The van der Waals surface area contributed by atoms with E-state index in [1.807, 2.05) is 0 Å². The number of nitrogens with zero attached hydrogens (tertiary/aromatic N) is 3. The lowest BCUT2D eigenvalue weighted by Crippen LogP contribution is -2.54. The molecule has 1 aromatic rings. The van der Waals surface area contributed by atoms with Crippen LogP contribution in [-0.4, -0.2) is 46.4 Å². The molecule has 2 unspecified atom stereocenters. The third kappa shape index (κ3) is 2.78. The van der Waals surface area contributed by atoms with Crippen LogP contribution in [0.2, 0.25) is 0 Å². The highest BCUT2D eigenvalue weighted by molar-refractivity contribution is 5.36. The second kappa shape index (κ2) is 5.69. The number of hydrogen-bond acceptors (Lipinski definition) is 4. The topological polar surface area (TPSA) is 49.6 Å². The Morgan fingerprint density at radius 2 is 2.24 bits per heavy atom. The molecule has 0 N–H and O–H groups in total. The van der Waals surface area contributed by atoms with Crippen LogP contribution in [0.5, 0.6) is 0 Å². The predicted octanol–water partition coefficient (Wildman–Crippen LogP) is 2.40. The fourth-order valence-electron chi connectivity index (χ4n) is 3.52. The maximum atomic E-state index is 14.2. The van der Waals surface area contributed by atoms with E-state index in [-0.39, 0.29) is 0 Å². The van der Waals surface area contributed by atoms with E-state index in [9.17, 15) is 14.5 Å². The average molecular weight is 293 g/mol. The van der Waals surface area contributed by atoms with Gasteiger partial charge in [-0.1, -0.05) is 12.1 Å². The highest BCUT2D eigenvalue weighted by Gasteiger charge is 2.34. The summed E-state index contributed by atoms with van der Waals surface area (Å²) in [5.74, 6) is -0.691. The molecule has 0 bridgehead atoms. The number of rotatable bonds is 3. The van der Waals surface area contributed by atoms with Crippen molar-refractivity contribution in [3.63, 3.8) is 0 Å². The molecule has 0 spiro atoms. The zero-order valence-electron chi connectivity index (χ0n) is 12.2.